The molecule has 3 aliphatic rings. The summed E-state index contributed by atoms with van der Waals surface area (Å²) in [5, 5.41) is 6.63. The van der Waals surface area contributed by atoms with E-state index in [1.807, 2.05) is 30.1 Å². The minimum absolute atomic E-state index is 0.00739. The molecule has 2 aromatic rings. The molecule has 2 aliphatic carbocycles. The van der Waals surface area contributed by atoms with Gasteiger partial charge in [0.15, 0.2) is 0 Å². The van der Waals surface area contributed by atoms with Crippen LogP contribution in [0.4, 0.5) is 14.9 Å². The molecule has 12 nitrogen and oxygen atoms in total. The molecule has 1 aliphatic heterocycles. The Hall–Kier alpha value is -3.71. The smallest absolute Gasteiger partial charge is 0.407 e. The number of alkyl halides is 1. The Balaban J connectivity index is 1.23. The molecule has 5 rings (SSSR count). The molecule has 300 valence electrons. The van der Waals surface area contributed by atoms with E-state index in [4.69, 9.17) is 18.9 Å². The van der Waals surface area contributed by atoms with Gasteiger partial charge in [0.1, 0.15) is 24.0 Å². The number of halogens is 1. The number of benzene rings is 1. The molecule has 1 aromatic carbocycles. The van der Waals surface area contributed by atoms with Gasteiger partial charge in [-0.15, -0.1) is 0 Å². The van der Waals surface area contributed by atoms with Gasteiger partial charge in [-0.1, -0.05) is 32.1 Å². The number of carbonyl (C=O) groups excluding carboxylic acids is 4. The average molecular weight is 757 g/mol. The summed E-state index contributed by atoms with van der Waals surface area (Å²) in [6.45, 7) is 6.84. The quantitative estimate of drug-likeness (QED) is 0.150. The predicted octanol–water partition coefficient (Wildman–Crippen LogP) is 6.79. The van der Waals surface area contributed by atoms with E-state index < -0.39 is 36.4 Å². The number of hydrogen-bond donors (Lipinski definition) is 2. The fourth-order valence-corrected chi connectivity index (χ4v) is 8.68. The van der Waals surface area contributed by atoms with Gasteiger partial charge in [0.2, 0.25) is 11.8 Å². The normalized spacial score (nSPS) is 22.9. The fourth-order valence-electron chi connectivity index (χ4n) is 8.68. The van der Waals surface area contributed by atoms with Crippen LogP contribution in [0.1, 0.15) is 102 Å². The Morgan fingerprint density at radius 3 is 2.35 bits per heavy atom. The number of nitrogens with zero attached hydrogens (tertiary/aromatic N) is 2. The molecule has 13 heteroatoms. The van der Waals surface area contributed by atoms with Crippen LogP contribution in [0.3, 0.4) is 0 Å². The van der Waals surface area contributed by atoms with Crippen LogP contribution in [0.15, 0.2) is 24.3 Å². The first-order valence-corrected chi connectivity index (χ1v) is 19.9. The lowest BCUT2D eigenvalue weighted by Crippen LogP contribution is -2.50. The zero-order chi connectivity index (χ0) is 38.8. The van der Waals surface area contributed by atoms with Gasteiger partial charge < -0.3 is 39.0 Å². The van der Waals surface area contributed by atoms with Gasteiger partial charge in [-0.3, -0.25) is 9.59 Å². The highest BCUT2D eigenvalue weighted by molar-refractivity contribution is 6.01. The second-order valence-corrected chi connectivity index (χ2v) is 16.3. The van der Waals surface area contributed by atoms with Crippen LogP contribution in [-0.2, 0) is 35.6 Å². The maximum atomic E-state index is 14.3. The van der Waals surface area contributed by atoms with E-state index in [1.165, 1.54) is 6.42 Å². The molecule has 54 heavy (non-hydrogen) atoms. The number of aryl methyl sites for hydroxylation is 1. The summed E-state index contributed by atoms with van der Waals surface area (Å²) < 4.78 is 37.1. The maximum absolute atomic E-state index is 14.3. The number of anilines is 1. The molecule has 0 spiro atoms. The molecule has 3 fully saturated rings. The van der Waals surface area contributed by atoms with Gasteiger partial charge in [0.25, 0.3) is 0 Å². The van der Waals surface area contributed by atoms with Crippen molar-refractivity contribution in [3.8, 4) is 0 Å². The molecule has 2 saturated carbocycles. The highest BCUT2D eigenvalue weighted by Gasteiger charge is 2.47. The van der Waals surface area contributed by atoms with Crippen LogP contribution >= 0.6 is 0 Å². The number of esters is 1. The van der Waals surface area contributed by atoms with Crippen LogP contribution < -0.4 is 10.6 Å². The highest BCUT2D eigenvalue weighted by atomic mass is 19.1. The number of rotatable bonds is 15. The van der Waals surface area contributed by atoms with Crippen molar-refractivity contribution in [2.75, 3.05) is 52.1 Å². The Labute approximate surface area is 319 Å². The van der Waals surface area contributed by atoms with Gasteiger partial charge in [-0.2, -0.15) is 0 Å². The Kier molecular flexibility index (Phi) is 14.8. The summed E-state index contributed by atoms with van der Waals surface area (Å²) in [6.07, 6.45) is 8.69. The number of nitrogens with one attached hydrogen (secondary N) is 2. The topological polar surface area (TPSA) is 137 Å². The van der Waals surface area contributed by atoms with Crippen LogP contribution in [-0.4, -0.2) is 97.8 Å². The van der Waals surface area contributed by atoms with E-state index in [1.54, 1.807) is 38.5 Å². The van der Waals surface area contributed by atoms with E-state index in [0.29, 0.717) is 75.8 Å². The molecule has 3 atom stereocenters. The minimum atomic E-state index is -0.702. The van der Waals surface area contributed by atoms with Crippen molar-refractivity contribution in [1.29, 1.82) is 0 Å². The lowest BCUT2D eigenvalue weighted by Gasteiger charge is -2.37. The lowest BCUT2D eigenvalue weighted by molar-refractivity contribution is -0.142. The van der Waals surface area contributed by atoms with Crippen molar-refractivity contribution in [2.24, 2.45) is 30.7 Å². The third-order valence-electron chi connectivity index (χ3n) is 11.4. The average Bonchev–Trinajstić information content (AvgIpc) is 3.74. The first-order chi connectivity index (χ1) is 25.9. The number of fused-ring (bicyclic) bond motifs is 1. The van der Waals surface area contributed by atoms with Crippen LogP contribution in [0.25, 0.3) is 10.9 Å². The molecule has 0 radical (unpaired) electrons. The van der Waals surface area contributed by atoms with Crippen LogP contribution in [0.5, 0.6) is 0 Å². The van der Waals surface area contributed by atoms with Crippen molar-refractivity contribution < 1.29 is 42.5 Å². The fraction of sp³-hybridized carbons (Fsp3) is 0.707. The number of likely N-dealkylation sites (tertiary alicyclic amines) is 1. The largest absolute Gasteiger partial charge is 0.461 e. The molecular formula is C41H61FN4O8. The number of methoxy groups -OCH3 is 1. The van der Waals surface area contributed by atoms with Gasteiger partial charge in [-0.25, -0.2) is 14.0 Å². The van der Waals surface area contributed by atoms with Crippen molar-refractivity contribution in [2.45, 2.75) is 109 Å². The second kappa shape index (κ2) is 19.2. The molecule has 1 saturated heterocycles. The van der Waals surface area contributed by atoms with Crippen LogP contribution in [0, 0.1) is 23.7 Å². The van der Waals surface area contributed by atoms with E-state index >= 15 is 0 Å². The summed E-state index contributed by atoms with van der Waals surface area (Å²) in [4.78, 5) is 55.6. The minimum Gasteiger partial charge on any atom is -0.461 e. The van der Waals surface area contributed by atoms with E-state index in [2.05, 4.69) is 10.6 Å². The SMILES string of the molecule is COCCOCCCOC(=O)c1cc2cc(NC(=O)[C@@H]3[C@H](C4CCCCC4)CCN3C(=O)[C@H]3CC[C@H]([C@@H](CF)NC(=O)OC(C)(C)C)CC3)ccc2n1C. The van der Waals surface area contributed by atoms with Crippen molar-refractivity contribution in [3.63, 3.8) is 0 Å². The van der Waals surface area contributed by atoms with Crippen molar-refractivity contribution in [1.82, 2.24) is 14.8 Å². The van der Waals surface area contributed by atoms with E-state index in [-0.39, 0.29) is 36.2 Å². The summed E-state index contributed by atoms with van der Waals surface area (Å²) in [6, 6.07) is 6.09. The molecular weight excluding hydrogens is 695 g/mol. The molecule has 2 N–H and O–H groups in total. The first-order valence-electron chi connectivity index (χ1n) is 19.9. The van der Waals surface area contributed by atoms with Gasteiger partial charge in [-0.05, 0) is 94.9 Å². The van der Waals surface area contributed by atoms with Crippen molar-refractivity contribution >= 4 is 40.5 Å². The zero-order valence-electron chi connectivity index (χ0n) is 32.8. The predicted molar refractivity (Wildman–Crippen MR) is 204 cm³/mol. The van der Waals surface area contributed by atoms with Crippen LogP contribution in [0.2, 0.25) is 0 Å². The summed E-state index contributed by atoms with van der Waals surface area (Å²) in [5.41, 5.74) is 1.15. The van der Waals surface area contributed by atoms with Crippen molar-refractivity contribution in [3.05, 3.63) is 30.0 Å². The molecule has 0 bridgehead atoms. The Morgan fingerprint density at radius 2 is 1.67 bits per heavy atom. The number of aromatic nitrogens is 1. The number of hydrogen-bond acceptors (Lipinski definition) is 8. The monoisotopic (exact) mass is 756 g/mol. The zero-order valence-corrected chi connectivity index (χ0v) is 32.8. The van der Waals surface area contributed by atoms with E-state index in [0.717, 1.165) is 43.0 Å². The lowest BCUT2D eigenvalue weighted by atomic mass is 9.76. The first kappa shape index (κ1) is 41.5. The van der Waals surface area contributed by atoms with Gasteiger partial charge in [0, 0.05) is 56.2 Å². The molecule has 0 unspecified atom stereocenters. The maximum Gasteiger partial charge on any atom is 0.407 e. The van der Waals surface area contributed by atoms with Gasteiger partial charge in [0.05, 0.1) is 25.9 Å². The standard InChI is InChI=1S/C41H61FN4O8/c1-41(2,3)54-40(50)44-33(26-42)28-12-14-29(15-13-28)38(48)46-19-18-32(27-10-7-6-8-11-27)36(46)37(47)43-31-16-17-34-30(24-31)25-35(45(34)4)39(49)53-21-9-20-52-23-22-51-5/h16-17,24-25,27-29,32-33,36H,6-15,18-23,26H2,1-5H3,(H,43,47)(H,44,50)/t28-,29-,32-,33+,36-/m0/s1. The summed E-state index contributed by atoms with van der Waals surface area (Å²) >= 11 is 0. The molecule has 2 heterocycles. The Bertz CT molecular complexity index is 1580. The second-order valence-electron chi connectivity index (χ2n) is 16.3. The molecule has 1 aromatic heterocycles. The summed E-state index contributed by atoms with van der Waals surface area (Å²) in [7, 11) is 3.42. The van der Waals surface area contributed by atoms with E-state index in [9.17, 15) is 23.6 Å². The molecule has 3 amide bonds. The summed E-state index contributed by atoms with van der Waals surface area (Å²) in [5.74, 6) is -0.522. The third-order valence-corrected chi connectivity index (χ3v) is 11.4. The number of ether oxygens (including phenoxy) is 4. The Morgan fingerprint density at radius 1 is 0.926 bits per heavy atom. The number of alkyl carbamates (subject to hydrolysis) is 1. The highest BCUT2D eigenvalue weighted by Crippen LogP contribution is 2.41. The third kappa shape index (κ3) is 10.7. The number of carbonyl (C=O) groups is 4. The number of amides is 3. The van der Waals surface area contributed by atoms with Gasteiger partial charge >= 0.3 is 12.1 Å².